The molecule has 3 heterocycles. The molecule has 7 nitrogen and oxygen atoms in total. The summed E-state index contributed by atoms with van der Waals surface area (Å²) in [5.41, 5.74) is 0.839. The summed E-state index contributed by atoms with van der Waals surface area (Å²) in [6.45, 7) is 3.10. The summed E-state index contributed by atoms with van der Waals surface area (Å²) in [5.74, 6) is 1.63. The second kappa shape index (κ2) is 6.22. The predicted octanol–water partition coefficient (Wildman–Crippen LogP) is 1.37. The lowest BCUT2D eigenvalue weighted by Gasteiger charge is -2.36. The average Bonchev–Trinajstić information content (AvgIpc) is 3.25. The van der Waals surface area contributed by atoms with Crippen molar-refractivity contribution in [1.29, 1.82) is 0 Å². The van der Waals surface area contributed by atoms with Crippen molar-refractivity contribution < 1.29 is 4.79 Å². The lowest BCUT2D eigenvalue weighted by atomic mass is 10.0. The van der Waals surface area contributed by atoms with Gasteiger partial charge in [0.2, 0.25) is 5.91 Å². The molecular weight excluding hydrogens is 304 g/mol. The SMILES string of the molecule is Cn1ncc2c(N3CCN(C(=O)C[C@@H]4C=CCC4)CC3)ncnc21. The fourth-order valence-corrected chi connectivity index (χ4v) is 3.59. The number of aryl methyl sites for hydroxylation is 1. The summed E-state index contributed by atoms with van der Waals surface area (Å²) >= 11 is 0. The number of carbonyl (C=O) groups excluding carboxylic acids is 1. The van der Waals surface area contributed by atoms with Gasteiger partial charge in [-0.1, -0.05) is 12.2 Å². The molecule has 2 aromatic rings. The number of amides is 1. The quantitative estimate of drug-likeness (QED) is 0.797. The Labute approximate surface area is 141 Å². The topological polar surface area (TPSA) is 67.2 Å². The molecule has 0 aromatic carbocycles. The molecule has 0 saturated carbocycles. The highest BCUT2D eigenvalue weighted by molar-refractivity contribution is 5.86. The van der Waals surface area contributed by atoms with Gasteiger partial charge in [-0.05, 0) is 18.8 Å². The van der Waals surface area contributed by atoms with E-state index in [1.165, 1.54) is 0 Å². The van der Waals surface area contributed by atoms with E-state index in [1.54, 1.807) is 11.0 Å². The first kappa shape index (κ1) is 15.1. The fourth-order valence-electron chi connectivity index (χ4n) is 3.59. The van der Waals surface area contributed by atoms with E-state index in [2.05, 4.69) is 32.1 Å². The van der Waals surface area contributed by atoms with E-state index in [4.69, 9.17) is 0 Å². The summed E-state index contributed by atoms with van der Waals surface area (Å²) in [4.78, 5) is 25.4. The zero-order valence-corrected chi connectivity index (χ0v) is 13.9. The van der Waals surface area contributed by atoms with Gasteiger partial charge >= 0.3 is 0 Å². The average molecular weight is 326 g/mol. The molecule has 1 amide bonds. The molecule has 0 N–H and O–H groups in total. The van der Waals surface area contributed by atoms with Crippen LogP contribution in [0.15, 0.2) is 24.7 Å². The second-order valence-electron chi connectivity index (χ2n) is 6.54. The normalized spacial score (nSPS) is 21.0. The maximum Gasteiger partial charge on any atom is 0.223 e. The number of piperazine rings is 1. The molecule has 0 unspecified atom stereocenters. The van der Waals surface area contributed by atoms with E-state index in [0.29, 0.717) is 12.3 Å². The maximum absolute atomic E-state index is 12.4. The Bertz CT molecular complexity index is 774. The van der Waals surface area contributed by atoms with Crippen LogP contribution in [0.2, 0.25) is 0 Å². The molecule has 0 spiro atoms. The molecule has 1 saturated heterocycles. The number of hydrogen-bond donors (Lipinski definition) is 0. The number of rotatable bonds is 3. The van der Waals surface area contributed by atoms with Gasteiger partial charge in [0.05, 0.1) is 11.6 Å². The van der Waals surface area contributed by atoms with Crippen LogP contribution in [0.25, 0.3) is 11.0 Å². The molecule has 0 bridgehead atoms. The number of anilines is 1. The molecular formula is C17H22N6O. The highest BCUT2D eigenvalue weighted by Crippen LogP contribution is 2.24. The minimum Gasteiger partial charge on any atom is -0.352 e. The van der Waals surface area contributed by atoms with Crippen molar-refractivity contribution in [3.63, 3.8) is 0 Å². The van der Waals surface area contributed by atoms with Crippen molar-refractivity contribution in [3.05, 3.63) is 24.7 Å². The van der Waals surface area contributed by atoms with Gasteiger partial charge in [-0.15, -0.1) is 0 Å². The van der Waals surface area contributed by atoms with Crippen LogP contribution in [-0.4, -0.2) is 56.7 Å². The minimum atomic E-state index is 0.278. The largest absolute Gasteiger partial charge is 0.352 e. The smallest absolute Gasteiger partial charge is 0.223 e. The van der Waals surface area contributed by atoms with Gasteiger partial charge in [0.15, 0.2) is 5.65 Å². The van der Waals surface area contributed by atoms with Crippen LogP contribution in [0, 0.1) is 5.92 Å². The number of carbonyl (C=O) groups is 1. The summed E-state index contributed by atoms with van der Waals surface area (Å²) in [6.07, 6.45) is 10.7. The monoisotopic (exact) mass is 326 g/mol. The Kier molecular flexibility index (Phi) is 3.92. The summed E-state index contributed by atoms with van der Waals surface area (Å²) in [6, 6.07) is 0. The molecule has 1 atom stereocenters. The van der Waals surface area contributed by atoms with Crippen molar-refractivity contribution >= 4 is 22.8 Å². The third-order valence-electron chi connectivity index (χ3n) is 4.99. The molecule has 1 aliphatic heterocycles. The van der Waals surface area contributed by atoms with Crippen molar-refractivity contribution in [2.24, 2.45) is 13.0 Å². The van der Waals surface area contributed by atoms with E-state index in [0.717, 1.165) is 55.9 Å². The van der Waals surface area contributed by atoms with Crippen LogP contribution < -0.4 is 4.90 Å². The lowest BCUT2D eigenvalue weighted by Crippen LogP contribution is -2.49. The Balaban J connectivity index is 1.42. The summed E-state index contributed by atoms with van der Waals surface area (Å²) < 4.78 is 1.76. The zero-order chi connectivity index (χ0) is 16.5. The Morgan fingerprint density at radius 2 is 2.08 bits per heavy atom. The van der Waals surface area contributed by atoms with Crippen molar-refractivity contribution in [2.75, 3.05) is 31.1 Å². The second-order valence-corrected chi connectivity index (χ2v) is 6.54. The minimum absolute atomic E-state index is 0.278. The predicted molar refractivity (Wildman–Crippen MR) is 91.6 cm³/mol. The Morgan fingerprint density at radius 1 is 1.25 bits per heavy atom. The van der Waals surface area contributed by atoms with E-state index in [9.17, 15) is 4.79 Å². The summed E-state index contributed by atoms with van der Waals surface area (Å²) in [5, 5.41) is 5.24. The van der Waals surface area contributed by atoms with E-state index in [-0.39, 0.29) is 5.91 Å². The van der Waals surface area contributed by atoms with Gasteiger partial charge in [0.1, 0.15) is 12.1 Å². The van der Waals surface area contributed by atoms with Crippen LogP contribution in [0.1, 0.15) is 19.3 Å². The maximum atomic E-state index is 12.4. The Hall–Kier alpha value is -2.44. The first-order valence-electron chi connectivity index (χ1n) is 8.54. The van der Waals surface area contributed by atoms with Gasteiger partial charge in [0, 0.05) is 39.6 Å². The van der Waals surface area contributed by atoms with Crippen molar-refractivity contribution in [3.8, 4) is 0 Å². The van der Waals surface area contributed by atoms with Crippen LogP contribution in [0.3, 0.4) is 0 Å². The van der Waals surface area contributed by atoms with Gasteiger partial charge < -0.3 is 9.80 Å². The standard InChI is InChI=1S/C17H22N6O/c1-21-16-14(11-20-21)17(19-12-18-16)23-8-6-22(7-9-23)15(24)10-13-4-2-3-5-13/h2,4,11-13H,3,5-10H2,1H3/t13-/m1/s1. The van der Waals surface area contributed by atoms with Crippen LogP contribution in [0.5, 0.6) is 0 Å². The molecule has 126 valence electrons. The summed E-state index contributed by atoms with van der Waals surface area (Å²) in [7, 11) is 1.88. The van der Waals surface area contributed by atoms with Crippen LogP contribution in [-0.2, 0) is 11.8 Å². The van der Waals surface area contributed by atoms with Crippen molar-refractivity contribution in [2.45, 2.75) is 19.3 Å². The van der Waals surface area contributed by atoms with E-state index in [1.807, 2.05) is 18.1 Å². The zero-order valence-electron chi connectivity index (χ0n) is 13.9. The molecule has 1 aliphatic carbocycles. The molecule has 24 heavy (non-hydrogen) atoms. The third kappa shape index (κ3) is 2.74. The first-order chi connectivity index (χ1) is 11.7. The number of aromatic nitrogens is 4. The van der Waals surface area contributed by atoms with E-state index < -0.39 is 0 Å². The molecule has 2 aliphatic rings. The number of fused-ring (bicyclic) bond motifs is 1. The van der Waals surface area contributed by atoms with Crippen LogP contribution in [0.4, 0.5) is 5.82 Å². The van der Waals surface area contributed by atoms with Gasteiger partial charge in [-0.3, -0.25) is 9.48 Å². The molecule has 1 fully saturated rings. The lowest BCUT2D eigenvalue weighted by molar-refractivity contribution is -0.132. The van der Waals surface area contributed by atoms with E-state index >= 15 is 0 Å². The number of nitrogens with zero attached hydrogens (tertiary/aromatic N) is 6. The van der Waals surface area contributed by atoms with Gasteiger partial charge in [-0.25, -0.2) is 9.97 Å². The van der Waals surface area contributed by atoms with Gasteiger partial charge in [0.25, 0.3) is 0 Å². The highest BCUT2D eigenvalue weighted by atomic mass is 16.2. The fraction of sp³-hybridized carbons (Fsp3) is 0.529. The molecule has 0 radical (unpaired) electrons. The number of hydrogen-bond acceptors (Lipinski definition) is 5. The first-order valence-corrected chi connectivity index (χ1v) is 8.54. The number of allylic oxidation sites excluding steroid dienone is 2. The molecule has 2 aromatic heterocycles. The third-order valence-corrected chi connectivity index (χ3v) is 4.99. The van der Waals surface area contributed by atoms with Crippen LogP contribution >= 0.6 is 0 Å². The van der Waals surface area contributed by atoms with Gasteiger partial charge in [-0.2, -0.15) is 5.10 Å². The Morgan fingerprint density at radius 3 is 2.83 bits per heavy atom. The molecule has 7 heteroatoms. The highest BCUT2D eigenvalue weighted by Gasteiger charge is 2.25. The van der Waals surface area contributed by atoms with Crippen molar-refractivity contribution in [1.82, 2.24) is 24.6 Å². The molecule has 4 rings (SSSR count).